The second-order valence-electron chi connectivity index (χ2n) is 5.22. The Morgan fingerprint density at radius 3 is 3.05 bits per heavy atom. The van der Waals surface area contributed by atoms with Gasteiger partial charge in [0.05, 0.1) is 12.6 Å². The van der Waals surface area contributed by atoms with Gasteiger partial charge in [0.1, 0.15) is 0 Å². The van der Waals surface area contributed by atoms with Gasteiger partial charge in [-0.2, -0.15) is 11.8 Å². The van der Waals surface area contributed by atoms with Crippen LogP contribution in [0.1, 0.15) is 25.8 Å². The number of hydrogen-bond donors (Lipinski definition) is 2. The number of thioether (sulfide) groups is 1. The summed E-state index contributed by atoms with van der Waals surface area (Å²) < 4.78 is 5.24. The van der Waals surface area contributed by atoms with Gasteiger partial charge in [-0.25, -0.2) is 4.79 Å². The largest absolute Gasteiger partial charge is 0.379 e. The molecule has 0 saturated carbocycles. The van der Waals surface area contributed by atoms with E-state index in [0.717, 1.165) is 24.5 Å². The van der Waals surface area contributed by atoms with E-state index >= 15 is 0 Å². The van der Waals surface area contributed by atoms with Crippen molar-refractivity contribution in [2.45, 2.75) is 37.3 Å². The molecule has 110 valence electrons. The summed E-state index contributed by atoms with van der Waals surface area (Å²) in [7, 11) is 0. The normalized spacial score (nSPS) is 18.2. The van der Waals surface area contributed by atoms with Crippen molar-refractivity contribution >= 4 is 23.5 Å². The Morgan fingerprint density at radius 2 is 2.35 bits per heavy atom. The zero-order chi connectivity index (χ0) is 14.4. The first kappa shape index (κ1) is 15.2. The number of rotatable bonds is 5. The van der Waals surface area contributed by atoms with Crippen molar-refractivity contribution in [3.8, 4) is 0 Å². The van der Waals surface area contributed by atoms with E-state index in [2.05, 4.69) is 30.5 Å². The molecule has 0 bridgehead atoms. The molecule has 2 N–H and O–H groups in total. The molecule has 1 aliphatic rings. The number of anilines is 1. The van der Waals surface area contributed by atoms with E-state index in [1.54, 1.807) is 0 Å². The second-order valence-corrected chi connectivity index (χ2v) is 6.78. The fraction of sp³-hybridized carbons (Fsp3) is 0.533. The Hall–Kier alpha value is -1.20. The third-order valence-corrected chi connectivity index (χ3v) is 4.20. The molecule has 1 saturated heterocycles. The second kappa shape index (κ2) is 7.55. The van der Waals surface area contributed by atoms with Crippen LogP contribution in [-0.4, -0.2) is 30.5 Å². The van der Waals surface area contributed by atoms with Gasteiger partial charge in [-0.3, -0.25) is 0 Å². The Morgan fingerprint density at radius 1 is 1.50 bits per heavy atom. The molecule has 0 spiro atoms. The van der Waals surface area contributed by atoms with E-state index in [9.17, 15) is 4.79 Å². The fourth-order valence-corrected chi connectivity index (χ4v) is 2.71. The highest BCUT2D eigenvalue weighted by molar-refractivity contribution is 7.99. The van der Waals surface area contributed by atoms with Crippen molar-refractivity contribution in [1.82, 2.24) is 5.32 Å². The van der Waals surface area contributed by atoms with Gasteiger partial charge in [0.15, 0.2) is 0 Å². The summed E-state index contributed by atoms with van der Waals surface area (Å²) in [5, 5.41) is 6.41. The number of ether oxygens (including phenoxy) is 1. The van der Waals surface area contributed by atoms with E-state index in [4.69, 9.17) is 4.74 Å². The topological polar surface area (TPSA) is 50.4 Å². The molecule has 1 aromatic rings. The molecular formula is C15H22N2O2S. The summed E-state index contributed by atoms with van der Waals surface area (Å²) in [5.41, 5.74) is 2.06. The van der Waals surface area contributed by atoms with Gasteiger partial charge in [0, 0.05) is 18.0 Å². The van der Waals surface area contributed by atoms with Crippen molar-refractivity contribution in [2.75, 3.05) is 18.5 Å². The minimum atomic E-state index is -0.158. The van der Waals surface area contributed by atoms with Crippen molar-refractivity contribution in [3.05, 3.63) is 29.8 Å². The molecule has 1 aromatic carbocycles. The van der Waals surface area contributed by atoms with Gasteiger partial charge in [-0.05, 0) is 29.4 Å². The van der Waals surface area contributed by atoms with E-state index in [0.29, 0.717) is 11.9 Å². The van der Waals surface area contributed by atoms with Crippen LogP contribution in [0.3, 0.4) is 0 Å². The molecule has 5 heteroatoms. The lowest BCUT2D eigenvalue weighted by molar-refractivity contribution is 0.189. The molecule has 1 atom stereocenters. The zero-order valence-electron chi connectivity index (χ0n) is 12.0. The minimum absolute atomic E-state index is 0.134. The van der Waals surface area contributed by atoms with Crippen molar-refractivity contribution in [3.63, 3.8) is 0 Å². The quantitative estimate of drug-likeness (QED) is 0.876. The van der Waals surface area contributed by atoms with Crippen LogP contribution in [0.25, 0.3) is 0 Å². The van der Waals surface area contributed by atoms with Crippen LogP contribution in [0, 0.1) is 0 Å². The molecule has 2 rings (SSSR count). The van der Waals surface area contributed by atoms with Crippen LogP contribution in [0.5, 0.6) is 0 Å². The van der Waals surface area contributed by atoms with Crippen molar-refractivity contribution in [2.24, 2.45) is 0 Å². The molecule has 2 amide bonds. The smallest absolute Gasteiger partial charge is 0.319 e. The number of nitrogens with one attached hydrogen (secondary N) is 2. The molecule has 20 heavy (non-hydrogen) atoms. The van der Waals surface area contributed by atoms with E-state index in [1.165, 1.54) is 5.56 Å². The molecule has 1 aliphatic heterocycles. The Bertz CT molecular complexity index is 445. The Kier molecular flexibility index (Phi) is 5.73. The van der Waals surface area contributed by atoms with Crippen LogP contribution in [0.15, 0.2) is 24.3 Å². The minimum Gasteiger partial charge on any atom is -0.379 e. The van der Waals surface area contributed by atoms with Crippen molar-refractivity contribution < 1.29 is 9.53 Å². The first-order valence-electron chi connectivity index (χ1n) is 6.99. The fourth-order valence-electron chi connectivity index (χ4n) is 2.00. The summed E-state index contributed by atoms with van der Waals surface area (Å²) in [6.07, 6.45) is 0.887. The maximum absolute atomic E-state index is 11.9. The third-order valence-electron chi connectivity index (χ3n) is 3.03. The summed E-state index contributed by atoms with van der Waals surface area (Å²) in [6.45, 7) is 5.71. The highest BCUT2D eigenvalue weighted by Gasteiger charge is 2.17. The lowest BCUT2D eigenvalue weighted by Gasteiger charge is -2.12. The molecule has 0 aliphatic carbocycles. The molecule has 1 heterocycles. The summed E-state index contributed by atoms with van der Waals surface area (Å²) in [5.74, 6) is 0.964. The number of carbonyl (C=O) groups excluding carboxylic acids is 1. The highest BCUT2D eigenvalue weighted by atomic mass is 32.2. The maximum Gasteiger partial charge on any atom is 0.319 e. The lowest BCUT2D eigenvalue weighted by Crippen LogP contribution is -2.38. The van der Waals surface area contributed by atoms with E-state index in [1.807, 2.05) is 30.0 Å². The SMILES string of the molecule is CC(C)SCc1cccc(NC(=O)N[C@@H]2CCOC2)c1. The van der Waals surface area contributed by atoms with Crippen LogP contribution >= 0.6 is 11.8 Å². The summed E-state index contributed by atoms with van der Waals surface area (Å²) in [6, 6.07) is 7.98. The number of carbonyl (C=O) groups is 1. The van der Waals surface area contributed by atoms with Crippen LogP contribution in [-0.2, 0) is 10.5 Å². The Labute approximate surface area is 124 Å². The molecular weight excluding hydrogens is 272 g/mol. The monoisotopic (exact) mass is 294 g/mol. The summed E-state index contributed by atoms with van der Waals surface area (Å²) >= 11 is 1.89. The number of hydrogen-bond acceptors (Lipinski definition) is 3. The molecule has 0 radical (unpaired) electrons. The highest BCUT2D eigenvalue weighted by Crippen LogP contribution is 2.19. The zero-order valence-corrected chi connectivity index (χ0v) is 12.8. The van der Waals surface area contributed by atoms with Crippen LogP contribution in [0.4, 0.5) is 10.5 Å². The number of benzene rings is 1. The molecule has 4 nitrogen and oxygen atoms in total. The standard InChI is InChI=1S/C15H22N2O2S/c1-11(2)20-10-12-4-3-5-13(8-12)16-15(18)17-14-6-7-19-9-14/h3-5,8,11,14H,6-7,9-10H2,1-2H3,(H2,16,17,18)/t14-/m1/s1. The Balaban J connectivity index is 1.85. The third kappa shape index (κ3) is 5.06. The van der Waals surface area contributed by atoms with E-state index < -0.39 is 0 Å². The molecule has 1 fully saturated rings. The predicted molar refractivity (Wildman–Crippen MR) is 84.3 cm³/mol. The van der Waals surface area contributed by atoms with Gasteiger partial charge in [-0.15, -0.1) is 0 Å². The van der Waals surface area contributed by atoms with Crippen molar-refractivity contribution in [1.29, 1.82) is 0 Å². The first-order valence-corrected chi connectivity index (χ1v) is 8.04. The number of amides is 2. The van der Waals surface area contributed by atoms with Gasteiger partial charge in [0.25, 0.3) is 0 Å². The van der Waals surface area contributed by atoms with Gasteiger partial charge >= 0.3 is 6.03 Å². The van der Waals surface area contributed by atoms with Gasteiger partial charge in [-0.1, -0.05) is 26.0 Å². The summed E-state index contributed by atoms with van der Waals surface area (Å²) in [4.78, 5) is 11.9. The van der Waals surface area contributed by atoms with E-state index in [-0.39, 0.29) is 12.1 Å². The maximum atomic E-state index is 11.9. The predicted octanol–water partition coefficient (Wildman–Crippen LogP) is 3.24. The van der Waals surface area contributed by atoms with Gasteiger partial charge in [0.2, 0.25) is 0 Å². The molecule has 0 aromatic heterocycles. The average Bonchev–Trinajstić information content (AvgIpc) is 2.89. The lowest BCUT2D eigenvalue weighted by atomic mass is 10.2. The number of urea groups is 1. The van der Waals surface area contributed by atoms with Gasteiger partial charge < -0.3 is 15.4 Å². The molecule has 0 unspecified atom stereocenters. The average molecular weight is 294 g/mol. The van der Waals surface area contributed by atoms with Crippen LogP contribution < -0.4 is 10.6 Å². The van der Waals surface area contributed by atoms with Crippen LogP contribution in [0.2, 0.25) is 0 Å². The first-order chi connectivity index (χ1) is 9.63.